The molecule has 14 heteroatoms. The zero-order valence-corrected chi connectivity index (χ0v) is 21.4. The van der Waals surface area contributed by atoms with Crippen LogP contribution in [0.4, 0.5) is 29.2 Å². The van der Waals surface area contributed by atoms with Gasteiger partial charge in [-0.2, -0.15) is 4.39 Å². The van der Waals surface area contributed by atoms with E-state index in [1.165, 1.54) is 6.20 Å². The molecule has 0 radical (unpaired) electrons. The van der Waals surface area contributed by atoms with Gasteiger partial charge < -0.3 is 15.4 Å². The van der Waals surface area contributed by atoms with Crippen LogP contribution in [0.25, 0.3) is 11.3 Å². The number of hydrogen-bond donors (Lipinski definition) is 3. The molecule has 208 valence electrons. The highest BCUT2D eigenvalue weighted by Crippen LogP contribution is 2.43. The molecule has 1 aliphatic carbocycles. The summed E-state index contributed by atoms with van der Waals surface area (Å²) in [4.78, 5) is 12.9. The molecule has 0 amide bonds. The Morgan fingerprint density at radius 3 is 2.64 bits per heavy atom. The number of rotatable bonds is 9. The Morgan fingerprint density at radius 2 is 1.90 bits per heavy atom. The van der Waals surface area contributed by atoms with Crippen molar-refractivity contribution in [1.82, 2.24) is 20.3 Å². The molecule has 1 saturated heterocycles. The van der Waals surface area contributed by atoms with Crippen molar-refractivity contribution < 1.29 is 30.7 Å². The molecule has 1 aromatic carbocycles. The van der Waals surface area contributed by atoms with Crippen LogP contribution in [0, 0.1) is 17.6 Å². The summed E-state index contributed by atoms with van der Waals surface area (Å²) in [5.41, 5.74) is 0.175. The summed E-state index contributed by atoms with van der Waals surface area (Å²) in [6, 6.07) is 7.12. The molecule has 3 aromatic rings. The maximum atomic E-state index is 14.9. The molecular weight excluding hydrogens is 540 g/mol. The molecule has 3 heterocycles. The first kappa shape index (κ1) is 27.1. The molecule has 39 heavy (non-hydrogen) atoms. The van der Waals surface area contributed by atoms with Gasteiger partial charge in [-0.15, -0.1) is 0 Å². The monoisotopic (exact) mass is 566 g/mol. The maximum Gasteiger partial charge on any atom is 0.248 e. The van der Waals surface area contributed by atoms with Crippen LogP contribution in [0.3, 0.4) is 0 Å². The van der Waals surface area contributed by atoms with Crippen molar-refractivity contribution in [2.24, 2.45) is 5.92 Å². The van der Waals surface area contributed by atoms with Crippen molar-refractivity contribution in [3.63, 3.8) is 0 Å². The van der Waals surface area contributed by atoms with Gasteiger partial charge in [0.1, 0.15) is 0 Å². The Kier molecular flexibility index (Phi) is 7.58. The van der Waals surface area contributed by atoms with E-state index < -0.39 is 63.5 Å². The average Bonchev–Trinajstić information content (AvgIpc) is 2.88. The molecule has 1 aliphatic heterocycles. The van der Waals surface area contributed by atoms with Crippen LogP contribution in [-0.2, 0) is 10.0 Å². The third-order valence-electron chi connectivity index (χ3n) is 6.48. The Labute approximate surface area is 222 Å². The third kappa shape index (κ3) is 6.56. The number of halogens is 4. The van der Waals surface area contributed by atoms with Gasteiger partial charge in [0.25, 0.3) is 0 Å². The van der Waals surface area contributed by atoms with Crippen LogP contribution in [0.5, 0.6) is 11.6 Å². The normalized spacial score (nSPS) is 19.2. The van der Waals surface area contributed by atoms with E-state index in [-0.39, 0.29) is 11.9 Å². The zero-order valence-electron chi connectivity index (χ0n) is 20.6. The van der Waals surface area contributed by atoms with Gasteiger partial charge in [0, 0.05) is 37.8 Å². The Hall–Kier alpha value is -3.52. The van der Waals surface area contributed by atoms with E-state index in [1.807, 2.05) is 4.72 Å². The predicted molar refractivity (Wildman–Crippen MR) is 136 cm³/mol. The van der Waals surface area contributed by atoms with Gasteiger partial charge in [0.2, 0.25) is 33.6 Å². The molecule has 2 aromatic heterocycles. The second kappa shape index (κ2) is 10.9. The fourth-order valence-electron chi connectivity index (χ4n) is 4.62. The molecule has 1 atom stereocenters. The fourth-order valence-corrected chi connectivity index (χ4v) is 6.05. The van der Waals surface area contributed by atoms with Crippen molar-refractivity contribution in [2.75, 3.05) is 28.9 Å². The van der Waals surface area contributed by atoms with Crippen molar-refractivity contribution in [2.45, 2.75) is 37.6 Å². The van der Waals surface area contributed by atoms with E-state index in [1.54, 1.807) is 24.4 Å². The number of sulfonamides is 1. The number of pyridine rings is 1. The van der Waals surface area contributed by atoms with Gasteiger partial charge in [-0.1, -0.05) is 0 Å². The third-order valence-corrected chi connectivity index (χ3v) is 7.92. The SMILES string of the molecule is O=S(=O)(CC1CC(F)(F)C1)Nc1ccc(Oc2ncccc2-c2ccnc(NC3CCCNC3)n2)c(F)c1F. The highest BCUT2D eigenvalue weighted by atomic mass is 32.2. The number of nitrogens with one attached hydrogen (secondary N) is 3. The van der Waals surface area contributed by atoms with Crippen LogP contribution in [0.2, 0.25) is 0 Å². The van der Waals surface area contributed by atoms with Gasteiger partial charge in [-0.3, -0.25) is 4.72 Å². The number of benzene rings is 1. The lowest BCUT2D eigenvalue weighted by Gasteiger charge is -2.34. The average molecular weight is 567 g/mol. The summed E-state index contributed by atoms with van der Waals surface area (Å²) >= 11 is 0. The van der Waals surface area contributed by atoms with E-state index in [0.29, 0.717) is 17.2 Å². The summed E-state index contributed by atoms with van der Waals surface area (Å²) < 4.78 is 87.9. The summed E-state index contributed by atoms with van der Waals surface area (Å²) in [6.45, 7) is 1.74. The minimum atomic E-state index is -4.18. The second-order valence-corrected chi connectivity index (χ2v) is 11.4. The first-order chi connectivity index (χ1) is 18.6. The van der Waals surface area contributed by atoms with Crippen LogP contribution in [-0.4, -0.2) is 54.2 Å². The van der Waals surface area contributed by atoms with Gasteiger partial charge >= 0.3 is 0 Å². The molecule has 3 N–H and O–H groups in total. The fraction of sp³-hybridized carbons (Fsp3) is 0.400. The zero-order chi connectivity index (χ0) is 27.6. The Balaban J connectivity index is 1.32. The largest absolute Gasteiger partial charge is 0.435 e. The van der Waals surface area contributed by atoms with Crippen molar-refractivity contribution in [3.8, 4) is 22.9 Å². The predicted octanol–water partition coefficient (Wildman–Crippen LogP) is 4.56. The molecule has 1 unspecified atom stereocenters. The van der Waals surface area contributed by atoms with Crippen LogP contribution >= 0.6 is 0 Å². The second-order valence-electron chi connectivity index (χ2n) is 9.66. The highest BCUT2D eigenvalue weighted by Gasteiger charge is 2.46. The van der Waals surface area contributed by atoms with Crippen LogP contribution in [0.15, 0.2) is 42.7 Å². The lowest BCUT2D eigenvalue weighted by atomic mass is 9.83. The molecule has 2 fully saturated rings. The number of alkyl halides is 2. The molecule has 0 bridgehead atoms. The smallest absolute Gasteiger partial charge is 0.248 e. The highest BCUT2D eigenvalue weighted by molar-refractivity contribution is 7.92. The number of anilines is 2. The number of nitrogens with zero attached hydrogens (tertiary/aromatic N) is 3. The van der Waals surface area contributed by atoms with E-state index in [9.17, 15) is 26.0 Å². The van der Waals surface area contributed by atoms with Gasteiger partial charge in [-0.25, -0.2) is 36.5 Å². The van der Waals surface area contributed by atoms with Gasteiger partial charge in [0.15, 0.2) is 11.6 Å². The van der Waals surface area contributed by atoms with Crippen molar-refractivity contribution in [3.05, 3.63) is 54.4 Å². The maximum absolute atomic E-state index is 14.9. The van der Waals surface area contributed by atoms with Crippen LogP contribution in [0.1, 0.15) is 25.7 Å². The molecule has 1 saturated carbocycles. The summed E-state index contributed by atoms with van der Waals surface area (Å²) in [6.07, 6.45) is 3.84. The molecular formula is C25H26F4N6O3S. The molecule has 0 spiro atoms. The van der Waals surface area contributed by atoms with E-state index in [4.69, 9.17) is 4.74 Å². The van der Waals surface area contributed by atoms with E-state index in [2.05, 4.69) is 25.6 Å². The Bertz CT molecular complexity index is 1450. The minimum Gasteiger partial charge on any atom is -0.435 e. The molecule has 5 rings (SSSR count). The Morgan fingerprint density at radius 1 is 1.08 bits per heavy atom. The number of aromatic nitrogens is 3. The quantitative estimate of drug-likeness (QED) is 0.323. The summed E-state index contributed by atoms with van der Waals surface area (Å²) in [5.74, 6) is -7.40. The van der Waals surface area contributed by atoms with E-state index in [0.717, 1.165) is 38.1 Å². The minimum absolute atomic E-state index is 0.0565. The van der Waals surface area contributed by atoms with Crippen molar-refractivity contribution in [1.29, 1.82) is 0 Å². The lowest BCUT2D eigenvalue weighted by molar-refractivity contribution is -0.103. The molecule has 9 nitrogen and oxygen atoms in total. The van der Waals surface area contributed by atoms with Crippen LogP contribution < -0.4 is 20.1 Å². The number of ether oxygens (including phenoxy) is 1. The number of hydrogen-bond acceptors (Lipinski definition) is 8. The summed E-state index contributed by atoms with van der Waals surface area (Å²) in [7, 11) is -4.18. The first-order valence-electron chi connectivity index (χ1n) is 12.4. The van der Waals surface area contributed by atoms with Crippen molar-refractivity contribution >= 4 is 21.7 Å². The standard InChI is InChI=1S/C25H26F4N6O3S/c26-21-19(35-39(36,37)14-15-11-25(28,29)12-15)5-6-20(22(21)27)38-23-17(4-2-9-31-23)18-7-10-32-24(34-18)33-16-3-1-8-30-13-16/h2,4-7,9-10,15-16,30,35H,1,3,8,11-14H2,(H,32,33,34). The topological polar surface area (TPSA) is 118 Å². The van der Waals surface area contributed by atoms with E-state index >= 15 is 0 Å². The molecule has 2 aliphatic rings. The number of piperidine rings is 1. The summed E-state index contributed by atoms with van der Waals surface area (Å²) in [5, 5.41) is 6.58. The first-order valence-corrected chi connectivity index (χ1v) is 14.0. The van der Waals surface area contributed by atoms with Gasteiger partial charge in [0.05, 0.1) is 22.7 Å². The van der Waals surface area contributed by atoms with Gasteiger partial charge in [-0.05, 0) is 55.6 Å². The lowest BCUT2D eigenvalue weighted by Crippen LogP contribution is -2.40.